The first kappa shape index (κ1) is 17.5. The van der Waals surface area contributed by atoms with Gasteiger partial charge in [0, 0.05) is 19.0 Å². The summed E-state index contributed by atoms with van der Waals surface area (Å²) in [6.07, 6.45) is 9.34. The van der Waals surface area contributed by atoms with E-state index in [1.807, 2.05) is 0 Å². The molecule has 0 heterocycles. The van der Waals surface area contributed by atoms with Crippen molar-refractivity contribution < 1.29 is 4.79 Å². The summed E-state index contributed by atoms with van der Waals surface area (Å²) in [7, 11) is 0. The Bertz CT molecular complexity index is 195. The van der Waals surface area contributed by atoms with Gasteiger partial charge in [0.25, 0.3) is 0 Å². The smallest absolute Gasteiger partial charge is 0.225 e. The first-order valence-corrected chi connectivity index (χ1v) is 7.96. The Hall–Kier alpha value is -0.530. The molecule has 0 N–H and O–H groups in total. The van der Waals surface area contributed by atoms with Crippen molar-refractivity contribution in [2.75, 3.05) is 13.1 Å². The molecule has 1 amide bonds. The van der Waals surface area contributed by atoms with Crippen molar-refractivity contribution in [3.63, 3.8) is 0 Å². The Morgan fingerprint density at radius 2 is 1.39 bits per heavy atom. The van der Waals surface area contributed by atoms with Gasteiger partial charge in [0.15, 0.2) is 0 Å². The van der Waals surface area contributed by atoms with Crippen molar-refractivity contribution in [1.82, 2.24) is 4.90 Å². The van der Waals surface area contributed by atoms with Crippen LogP contribution in [0.4, 0.5) is 0 Å². The van der Waals surface area contributed by atoms with Crippen molar-refractivity contribution in [2.24, 2.45) is 5.92 Å². The second-order valence-corrected chi connectivity index (χ2v) is 5.43. The average molecular weight is 255 g/mol. The monoisotopic (exact) mass is 255 g/mol. The molecule has 0 aliphatic rings. The van der Waals surface area contributed by atoms with Crippen LogP contribution in [0, 0.1) is 5.92 Å². The highest BCUT2D eigenvalue weighted by molar-refractivity contribution is 5.78. The number of amides is 1. The first-order valence-electron chi connectivity index (χ1n) is 7.96. The quantitative estimate of drug-likeness (QED) is 0.493. The van der Waals surface area contributed by atoms with E-state index in [2.05, 4.69) is 32.6 Å². The molecule has 0 aromatic carbocycles. The van der Waals surface area contributed by atoms with E-state index in [-0.39, 0.29) is 5.92 Å². The molecular weight excluding hydrogens is 222 g/mol. The molecular formula is C16H33NO. The molecule has 2 nitrogen and oxygen atoms in total. The van der Waals surface area contributed by atoms with Crippen LogP contribution in [0.25, 0.3) is 0 Å². The Morgan fingerprint density at radius 1 is 0.889 bits per heavy atom. The predicted molar refractivity (Wildman–Crippen MR) is 79.7 cm³/mol. The summed E-state index contributed by atoms with van der Waals surface area (Å²) in [5, 5.41) is 0. The molecule has 0 rings (SSSR count). The van der Waals surface area contributed by atoms with E-state index >= 15 is 0 Å². The number of unbranched alkanes of at least 4 members (excludes halogenated alkanes) is 4. The summed E-state index contributed by atoms with van der Waals surface area (Å²) in [5.41, 5.74) is 0. The van der Waals surface area contributed by atoms with Crippen molar-refractivity contribution >= 4 is 5.91 Å². The van der Waals surface area contributed by atoms with E-state index in [1.165, 1.54) is 32.1 Å². The van der Waals surface area contributed by atoms with E-state index in [4.69, 9.17) is 0 Å². The zero-order valence-electron chi connectivity index (χ0n) is 13.0. The van der Waals surface area contributed by atoms with Gasteiger partial charge in [0.1, 0.15) is 0 Å². The number of rotatable bonds is 11. The zero-order chi connectivity index (χ0) is 13.8. The largest absolute Gasteiger partial charge is 0.342 e. The van der Waals surface area contributed by atoms with Gasteiger partial charge in [0.05, 0.1) is 0 Å². The molecule has 108 valence electrons. The van der Waals surface area contributed by atoms with E-state index in [1.54, 1.807) is 0 Å². The maximum absolute atomic E-state index is 12.4. The van der Waals surface area contributed by atoms with E-state index < -0.39 is 0 Å². The maximum Gasteiger partial charge on any atom is 0.225 e. The summed E-state index contributed by atoms with van der Waals surface area (Å²) in [4.78, 5) is 14.5. The summed E-state index contributed by atoms with van der Waals surface area (Å²) in [5.74, 6) is 0.596. The topological polar surface area (TPSA) is 20.3 Å². The molecule has 0 saturated carbocycles. The highest BCUT2D eigenvalue weighted by atomic mass is 16.2. The Kier molecular flexibility index (Phi) is 11.2. The number of nitrogens with zero attached hydrogens (tertiary/aromatic N) is 1. The molecule has 0 bridgehead atoms. The third-order valence-corrected chi connectivity index (χ3v) is 3.54. The minimum atomic E-state index is 0.213. The lowest BCUT2D eigenvalue weighted by Gasteiger charge is -2.25. The van der Waals surface area contributed by atoms with E-state index in [9.17, 15) is 4.79 Å². The summed E-state index contributed by atoms with van der Waals surface area (Å²) < 4.78 is 0. The minimum Gasteiger partial charge on any atom is -0.342 e. The van der Waals surface area contributed by atoms with Gasteiger partial charge in [-0.05, 0) is 19.3 Å². The predicted octanol–water partition coefficient (Wildman–Crippen LogP) is 4.63. The lowest BCUT2D eigenvalue weighted by molar-refractivity contribution is -0.135. The summed E-state index contributed by atoms with van der Waals surface area (Å²) in [6, 6.07) is 0. The van der Waals surface area contributed by atoms with Crippen LogP contribution in [0.1, 0.15) is 79.1 Å². The van der Waals surface area contributed by atoms with Crippen molar-refractivity contribution in [3.05, 3.63) is 0 Å². The molecule has 0 aliphatic heterocycles. The average Bonchev–Trinajstić information content (AvgIpc) is 2.38. The second-order valence-electron chi connectivity index (χ2n) is 5.43. The minimum absolute atomic E-state index is 0.213. The molecule has 0 aromatic rings. The van der Waals surface area contributed by atoms with Gasteiger partial charge in [-0.25, -0.2) is 0 Å². The van der Waals surface area contributed by atoms with Crippen LogP contribution in [0.5, 0.6) is 0 Å². The third kappa shape index (κ3) is 7.73. The van der Waals surface area contributed by atoms with Crippen LogP contribution in [0.15, 0.2) is 0 Å². The van der Waals surface area contributed by atoms with E-state index in [0.717, 1.165) is 32.4 Å². The van der Waals surface area contributed by atoms with Gasteiger partial charge >= 0.3 is 0 Å². The Labute approximate surface area is 114 Å². The highest BCUT2D eigenvalue weighted by Crippen LogP contribution is 2.14. The Balaban J connectivity index is 4.15. The second kappa shape index (κ2) is 11.6. The standard InChI is InChI=1S/C16H33NO/c1-5-8-11-12-15(4)16(18)17(13-9-6-2)14-10-7-3/h15H,5-14H2,1-4H3/t15-/m0/s1. The number of hydrogen-bond donors (Lipinski definition) is 0. The van der Waals surface area contributed by atoms with Gasteiger partial charge < -0.3 is 4.90 Å². The third-order valence-electron chi connectivity index (χ3n) is 3.54. The fourth-order valence-corrected chi connectivity index (χ4v) is 2.17. The van der Waals surface area contributed by atoms with Crippen LogP contribution < -0.4 is 0 Å². The molecule has 0 aliphatic carbocycles. The van der Waals surface area contributed by atoms with Gasteiger partial charge in [0.2, 0.25) is 5.91 Å². The van der Waals surface area contributed by atoms with Crippen LogP contribution in [-0.2, 0) is 4.79 Å². The maximum atomic E-state index is 12.4. The van der Waals surface area contributed by atoms with Crippen LogP contribution in [0.2, 0.25) is 0 Å². The van der Waals surface area contributed by atoms with Gasteiger partial charge in [-0.15, -0.1) is 0 Å². The zero-order valence-corrected chi connectivity index (χ0v) is 13.0. The summed E-state index contributed by atoms with van der Waals surface area (Å²) in [6.45, 7) is 10.6. The number of carbonyl (C=O) groups excluding carboxylic acids is 1. The van der Waals surface area contributed by atoms with Crippen LogP contribution >= 0.6 is 0 Å². The van der Waals surface area contributed by atoms with Gasteiger partial charge in [-0.3, -0.25) is 4.79 Å². The fourth-order valence-electron chi connectivity index (χ4n) is 2.17. The van der Waals surface area contributed by atoms with Crippen LogP contribution in [-0.4, -0.2) is 23.9 Å². The molecule has 2 heteroatoms. The molecule has 0 spiro atoms. The van der Waals surface area contributed by atoms with Gasteiger partial charge in [-0.2, -0.15) is 0 Å². The number of carbonyl (C=O) groups is 1. The van der Waals surface area contributed by atoms with Gasteiger partial charge in [-0.1, -0.05) is 59.8 Å². The molecule has 0 unspecified atom stereocenters. The SMILES string of the molecule is CCCCC[C@H](C)C(=O)N(CCCC)CCCC. The highest BCUT2D eigenvalue weighted by Gasteiger charge is 2.19. The fraction of sp³-hybridized carbons (Fsp3) is 0.938. The summed E-state index contributed by atoms with van der Waals surface area (Å²) >= 11 is 0. The van der Waals surface area contributed by atoms with Crippen molar-refractivity contribution in [3.8, 4) is 0 Å². The molecule has 1 atom stereocenters. The molecule has 0 saturated heterocycles. The van der Waals surface area contributed by atoms with Crippen LogP contribution in [0.3, 0.4) is 0 Å². The Morgan fingerprint density at radius 3 is 1.83 bits per heavy atom. The molecule has 0 radical (unpaired) electrons. The first-order chi connectivity index (χ1) is 8.67. The number of hydrogen-bond acceptors (Lipinski definition) is 1. The molecule has 18 heavy (non-hydrogen) atoms. The molecule has 0 fully saturated rings. The van der Waals surface area contributed by atoms with Crippen molar-refractivity contribution in [2.45, 2.75) is 79.1 Å². The lowest BCUT2D eigenvalue weighted by atomic mass is 10.0. The normalized spacial score (nSPS) is 12.4. The van der Waals surface area contributed by atoms with Crippen molar-refractivity contribution in [1.29, 1.82) is 0 Å². The lowest BCUT2D eigenvalue weighted by Crippen LogP contribution is -2.36. The van der Waals surface area contributed by atoms with E-state index in [0.29, 0.717) is 5.91 Å². The molecule has 0 aromatic heterocycles.